The average Bonchev–Trinajstić information content (AvgIpc) is 3.23. The first-order valence-corrected chi connectivity index (χ1v) is 10.2. The Labute approximate surface area is 151 Å². The van der Waals surface area contributed by atoms with Crippen LogP contribution in [-0.2, 0) is 0 Å². The van der Waals surface area contributed by atoms with Crippen LogP contribution in [0.15, 0.2) is 24.3 Å². The molecular weight excluding hydrogens is 310 g/mol. The molecule has 1 N–H and O–H groups in total. The second-order valence-electron chi connectivity index (χ2n) is 7.94. The number of carbonyl (C=O) groups is 1. The molecule has 136 valence electrons. The van der Waals surface area contributed by atoms with Gasteiger partial charge >= 0.3 is 0 Å². The highest BCUT2D eigenvalue weighted by atomic mass is 16.2. The van der Waals surface area contributed by atoms with Crippen molar-refractivity contribution in [3.05, 3.63) is 35.4 Å². The topological polar surface area (TPSA) is 35.6 Å². The summed E-state index contributed by atoms with van der Waals surface area (Å²) in [4.78, 5) is 17.6. The first kappa shape index (κ1) is 17.0. The first-order chi connectivity index (χ1) is 12.3. The summed E-state index contributed by atoms with van der Waals surface area (Å²) in [5.74, 6) is 0.775. The van der Waals surface area contributed by atoms with E-state index in [1.807, 2.05) is 6.07 Å². The quantitative estimate of drug-likeness (QED) is 0.918. The van der Waals surface area contributed by atoms with E-state index in [-0.39, 0.29) is 5.91 Å². The Bertz CT molecular complexity index is 583. The largest absolute Gasteiger partial charge is 0.336 e. The number of carbonyl (C=O) groups excluding carboxylic acids is 1. The Hall–Kier alpha value is -1.39. The molecule has 4 rings (SSSR count). The lowest BCUT2D eigenvalue weighted by Gasteiger charge is -2.38. The Morgan fingerprint density at radius 1 is 1.00 bits per heavy atom. The summed E-state index contributed by atoms with van der Waals surface area (Å²) in [7, 11) is 0. The molecular formula is C21H31N3O. The molecule has 0 aromatic heterocycles. The molecule has 1 aromatic carbocycles. The van der Waals surface area contributed by atoms with Gasteiger partial charge in [0.1, 0.15) is 0 Å². The Morgan fingerprint density at radius 2 is 1.80 bits per heavy atom. The van der Waals surface area contributed by atoms with E-state index in [4.69, 9.17) is 0 Å². The maximum absolute atomic E-state index is 13.0. The van der Waals surface area contributed by atoms with Gasteiger partial charge in [-0.3, -0.25) is 9.69 Å². The molecule has 25 heavy (non-hydrogen) atoms. The first-order valence-electron chi connectivity index (χ1n) is 10.2. The standard InChI is InChI=1S/C21H31N3O/c25-21(24-13-11-23(12-14-24)20-8-1-2-9-20)18-6-3-5-17(15-18)19-7-4-10-22-16-19/h3,5-6,15,19-20,22H,1-2,4,7-14,16H2/t19-/m1/s1. The van der Waals surface area contributed by atoms with Crippen molar-refractivity contribution in [1.29, 1.82) is 0 Å². The maximum atomic E-state index is 13.0. The van der Waals surface area contributed by atoms with E-state index in [2.05, 4.69) is 33.3 Å². The minimum absolute atomic E-state index is 0.219. The molecule has 1 amide bonds. The number of nitrogens with zero attached hydrogens (tertiary/aromatic N) is 2. The molecule has 2 heterocycles. The average molecular weight is 341 g/mol. The van der Waals surface area contributed by atoms with Crippen molar-refractivity contribution in [2.75, 3.05) is 39.3 Å². The van der Waals surface area contributed by atoms with Crippen molar-refractivity contribution in [2.24, 2.45) is 0 Å². The second-order valence-corrected chi connectivity index (χ2v) is 7.94. The van der Waals surface area contributed by atoms with Gasteiger partial charge in [-0.1, -0.05) is 25.0 Å². The molecule has 0 unspecified atom stereocenters. The van der Waals surface area contributed by atoms with Crippen molar-refractivity contribution in [3.8, 4) is 0 Å². The summed E-state index contributed by atoms with van der Waals surface area (Å²) < 4.78 is 0. The zero-order valence-electron chi connectivity index (χ0n) is 15.3. The van der Waals surface area contributed by atoms with E-state index in [1.54, 1.807) is 0 Å². The molecule has 0 spiro atoms. The summed E-state index contributed by atoms with van der Waals surface area (Å²) in [6.45, 7) is 6.01. The molecule has 2 saturated heterocycles. The summed E-state index contributed by atoms with van der Waals surface area (Å²) >= 11 is 0. The van der Waals surface area contributed by atoms with Crippen LogP contribution in [0.2, 0.25) is 0 Å². The molecule has 4 nitrogen and oxygen atoms in total. The highest BCUT2D eigenvalue weighted by Crippen LogP contribution is 2.26. The van der Waals surface area contributed by atoms with Crippen LogP contribution in [0.4, 0.5) is 0 Å². The van der Waals surface area contributed by atoms with Gasteiger partial charge in [0.2, 0.25) is 0 Å². The number of hydrogen-bond donors (Lipinski definition) is 1. The van der Waals surface area contributed by atoms with Crippen molar-refractivity contribution >= 4 is 5.91 Å². The van der Waals surface area contributed by atoms with Crippen LogP contribution in [0, 0.1) is 0 Å². The molecule has 3 aliphatic rings. The highest BCUT2D eigenvalue weighted by Gasteiger charge is 2.28. The Balaban J connectivity index is 1.37. The van der Waals surface area contributed by atoms with Crippen LogP contribution in [0.25, 0.3) is 0 Å². The molecule has 1 aromatic rings. The summed E-state index contributed by atoms with van der Waals surface area (Å²) in [5, 5.41) is 3.48. The summed E-state index contributed by atoms with van der Waals surface area (Å²) in [6.07, 6.45) is 7.92. The van der Waals surface area contributed by atoms with Crippen molar-refractivity contribution < 1.29 is 4.79 Å². The monoisotopic (exact) mass is 341 g/mol. The van der Waals surface area contributed by atoms with Gasteiger partial charge in [0.05, 0.1) is 0 Å². The van der Waals surface area contributed by atoms with E-state index in [0.29, 0.717) is 5.92 Å². The molecule has 0 radical (unpaired) electrons. The number of amides is 1. The van der Waals surface area contributed by atoms with Gasteiger partial charge in [-0.2, -0.15) is 0 Å². The smallest absolute Gasteiger partial charge is 0.253 e. The number of benzene rings is 1. The van der Waals surface area contributed by atoms with E-state index in [0.717, 1.165) is 50.9 Å². The third kappa shape index (κ3) is 3.90. The van der Waals surface area contributed by atoms with Crippen LogP contribution < -0.4 is 5.32 Å². The van der Waals surface area contributed by atoms with Gasteiger partial charge in [0.25, 0.3) is 5.91 Å². The lowest BCUT2D eigenvalue weighted by molar-refractivity contribution is 0.0573. The minimum atomic E-state index is 0.219. The third-order valence-corrected chi connectivity index (χ3v) is 6.34. The molecule has 3 fully saturated rings. The van der Waals surface area contributed by atoms with Gasteiger partial charge in [-0.05, 0) is 55.8 Å². The molecule has 2 aliphatic heterocycles. The SMILES string of the molecule is O=C(c1cccc([C@@H]2CCCNC2)c1)N1CCN(C2CCCC2)CC1. The number of piperazine rings is 1. The molecule has 1 aliphatic carbocycles. The third-order valence-electron chi connectivity index (χ3n) is 6.34. The van der Waals surface area contributed by atoms with Crippen molar-refractivity contribution in [2.45, 2.75) is 50.5 Å². The highest BCUT2D eigenvalue weighted by molar-refractivity contribution is 5.94. The van der Waals surface area contributed by atoms with Gasteiger partial charge in [-0.25, -0.2) is 0 Å². The van der Waals surface area contributed by atoms with E-state index in [1.165, 1.54) is 44.1 Å². The lowest BCUT2D eigenvalue weighted by atomic mass is 9.90. The molecule has 0 bridgehead atoms. The number of piperidine rings is 1. The zero-order chi connectivity index (χ0) is 17.1. The minimum Gasteiger partial charge on any atom is -0.336 e. The Kier molecular flexibility index (Phi) is 5.37. The maximum Gasteiger partial charge on any atom is 0.253 e. The van der Waals surface area contributed by atoms with Crippen LogP contribution in [0.1, 0.15) is 60.4 Å². The second kappa shape index (κ2) is 7.88. The normalized spacial score (nSPS) is 26.1. The van der Waals surface area contributed by atoms with Crippen LogP contribution in [0.5, 0.6) is 0 Å². The van der Waals surface area contributed by atoms with Crippen LogP contribution >= 0.6 is 0 Å². The zero-order valence-corrected chi connectivity index (χ0v) is 15.3. The number of nitrogens with one attached hydrogen (secondary N) is 1. The fourth-order valence-electron chi connectivity index (χ4n) is 4.80. The van der Waals surface area contributed by atoms with Crippen LogP contribution in [-0.4, -0.2) is 61.0 Å². The predicted molar refractivity (Wildman–Crippen MR) is 101 cm³/mol. The fraction of sp³-hybridized carbons (Fsp3) is 0.667. The number of rotatable bonds is 3. The Morgan fingerprint density at radius 3 is 2.52 bits per heavy atom. The fourth-order valence-corrected chi connectivity index (χ4v) is 4.80. The van der Waals surface area contributed by atoms with Gasteiger partial charge in [0.15, 0.2) is 0 Å². The molecule has 4 heteroatoms. The van der Waals surface area contributed by atoms with Crippen molar-refractivity contribution in [3.63, 3.8) is 0 Å². The van der Waals surface area contributed by atoms with Gasteiger partial charge in [0, 0.05) is 44.3 Å². The van der Waals surface area contributed by atoms with Crippen molar-refractivity contribution in [1.82, 2.24) is 15.1 Å². The predicted octanol–water partition coefficient (Wildman–Crippen LogP) is 2.85. The summed E-state index contributed by atoms with van der Waals surface area (Å²) in [6, 6.07) is 9.16. The van der Waals surface area contributed by atoms with E-state index >= 15 is 0 Å². The number of hydrogen-bond acceptors (Lipinski definition) is 3. The molecule has 1 atom stereocenters. The lowest BCUT2D eigenvalue weighted by Crippen LogP contribution is -2.51. The van der Waals surface area contributed by atoms with Gasteiger partial charge < -0.3 is 10.2 Å². The van der Waals surface area contributed by atoms with Gasteiger partial charge in [-0.15, -0.1) is 0 Å². The summed E-state index contributed by atoms with van der Waals surface area (Å²) in [5.41, 5.74) is 2.19. The van der Waals surface area contributed by atoms with E-state index in [9.17, 15) is 4.79 Å². The van der Waals surface area contributed by atoms with Crippen LogP contribution in [0.3, 0.4) is 0 Å². The molecule has 1 saturated carbocycles. The van der Waals surface area contributed by atoms with E-state index < -0.39 is 0 Å².